The maximum absolute atomic E-state index is 5.48. The fraction of sp³-hybridized carbons (Fsp3) is 0.200. The average Bonchev–Trinajstić information content (AvgIpc) is 2.82. The first-order valence-electron chi connectivity index (χ1n) is 9.43. The van der Waals surface area contributed by atoms with Gasteiger partial charge >= 0.3 is 0 Å². The molecule has 6 heteroatoms. The molecule has 0 aliphatic rings. The summed E-state index contributed by atoms with van der Waals surface area (Å²) in [5, 5.41) is 0. The van der Waals surface area contributed by atoms with Gasteiger partial charge in [-0.25, -0.2) is 0 Å². The third kappa shape index (κ3) is 5.39. The topological polar surface area (TPSA) is 46.2 Å². The maximum Gasteiger partial charge on any atom is 0.203 e. The Kier molecular flexibility index (Phi) is 7.58. The van der Waals surface area contributed by atoms with Crippen molar-refractivity contribution in [3.05, 3.63) is 65.7 Å². The smallest absolute Gasteiger partial charge is 0.203 e. The Morgan fingerprint density at radius 2 is 1.23 bits per heavy atom. The van der Waals surface area contributed by atoms with E-state index in [0.717, 1.165) is 32.4 Å². The van der Waals surface area contributed by atoms with E-state index in [0.29, 0.717) is 17.2 Å². The lowest BCUT2D eigenvalue weighted by atomic mass is 10.1. The number of methoxy groups -OCH3 is 5. The van der Waals surface area contributed by atoms with E-state index in [1.807, 2.05) is 54.6 Å². The molecule has 0 radical (unpaired) electrons. The maximum atomic E-state index is 5.48. The van der Waals surface area contributed by atoms with E-state index in [1.165, 1.54) is 0 Å². The van der Waals surface area contributed by atoms with Crippen molar-refractivity contribution in [1.29, 1.82) is 0 Å². The van der Waals surface area contributed by atoms with Gasteiger partial charge in [0.05, 0.1) is 35.5 Å². The van der Waals surface area contributed by atoms with Crippen LogP contribution in [0.25, 0.3) is 0 Å². The molecule has 0 bridgehead atoms. The van der Waals surface area contributed by atoms with Crippen molar-refractivity contribution in [2.75, 3.05) is 35.5 Å². The van der Waals surface area contributed by atoms with Crippen LogP contribution in [-0.2, 0) is 0 Å². The fourth-order valence-electron chi connectivity index (χ4n) is 2.87. The first kappa shape index (κ1) is 22.3. The Labute approximate surface area is 187 Å². The predicted octanol–water partition coefficient (Wildman–Crippen LogP) is 5.28. The lowest BCUT2D eigenvalue weighted by Gasteiger charge is -2.14. The summed E-state index contributed by atoms with van der Waals surface area (Å²) in [6, 6.07) is 17.3. The van der Waals surface area contributed by atoms with E-state index in [9.17, 15) is 0 Å². The Balaban J connectivity index is 1.98. The molecule has 0 heterocycles. The summed E-state index contributed by atoms with van der Waals surface area (Å²) < 4.78 is 27.0. The molecule has 0 aliphatic carbocycles. The van der Waals surface area contributed by atoms with Gasteiger partial charge in [0.1, 0.15) is 11.5 Å². The third-order valence-electron chi connectivity index (χ3n) is 4.49. The molecule has 0 amide bonds. The van der Waals surface area contributed by atoms with Crippen LogP contribution in [-0.4, -0.2) is 35.5 Å². The van der Waals surface area contributed by atoms with E-state index in [4.69, 9.17) is 23.7 Å². The van der Waals surface area contributed by atoms with E-state index >= 15 is 0 Å². The molecule has 3 rings (SSSR count). The van der Waals surface area contributed by atoms with Crippen molar-refractivity contribution in [2.45, 2.75) is 9.79 Å². The molecule has 5 nitrogen and oxygen atoms in total. The molecule has 3 aromatic rings. The van der Waals surface area contributed by atoms with Crippen molar-refractivity contribution < 1.29 is 23.7 Å². The van der Waals surface area contributed by atoms with Gasteiger partial charge in [-0.15, -0.1) is 0 Å². The SMILES string of the molecule is COc1ccc(C#Cc2ccc(OC)cc2Sc2cc(OC)c(OC)c(OC)c2)cc1. The minimum atomic E-state index is 0.555. The summed E-state index contributed by atoms with van der Waals surface area (Å²) in [6.07, 6.45) is 0. The van der Waals surface area contributed by atoms with Gasteiger partial charge in [0.2, 0.25) is 5.75 Å². The van der Waals surface area contributed by atoms with Crippen molar-refractivity contribution in [1.82, 2.24) is 0 Å². The van der Waals surface area contributed by atoms with Gasteiger partial charge in [-0.1, -0.05) is 23.6 Å². The fourth-order valence-corrected chi connectivity index (χ4v) is 3.86. The molecule has 0 aromatic heterocycles. The monoisotopic (exact) mass is 436 g/mol. The van der Waals surface area contributed by atoms with Crippen LogP contribution in [0.5, 0.6) is 28.7 Å². The van der Waals surface area contributed by atoms with Crippen LogP contribution in [0.1, 0.15) is 11.1 Å². The van der Waals surface area contributed by atoms with Gasteiger partial charge in [-0.05, 0) is 54.6 Å². The standard InChI is InChI=1S/C25H24O5S/c1-26-19-11-7-17(8-12-19)6-9-18-10-13-20(27-2)14-24(18)31-21-15-22(28-3)25(30-5)23(16-21)29-4/h7-8,10-16H,1-5H3. The molecule has 0 aliphatic heterocycles. The summed E-state index contributed by atoms with van der Waals surface area (Å²) in [6.45, 7) is 0. The molecule has 0 atom stereocenters. The Hall–Kier alpha value is -3.43. The van der Waals surface area contributed by atoms with E-state index in [-0.39, 0.29) is 0 Å². The quantitative estimate of drug-likeness (QED) is 0.470. The summed E-state index contributed by atoms with van der Waals surface area (Å²) in [4.78, 5) is 1.88. The zero-order valence-corrected chi connectivity index (χ0v) is 19.0. The van der Waals surface area contributed by atoms with Crippen molar-refractivity contribution >= 4 is 11.8 Å². The molecule has 0 fully saturated rings. The molecule has 0 saturated carbocycles. The molecular formula is C25H24O5S. The highest BCUT2D eigenvalue weighted by Gasteiger charge is 2.15. The number of rotatable bonds is 7. The molecule has 160 valence electrons. The van der Waals surface area contributed by atoms with Crippen LogP contribution in [0.4, 0.5) is 0 Å². The molecule has 0 unspecified atom stereocenters. The Bertz CT molecular complexity index is 1070. The van der Waals surface area contributed by atoms with Crippen LogP contribution in [0.3, 0.4) is 0 Å². The average molecular weight is 437 g/mol. The number of benzene rings is 3. The van der Waals surface area contributed by atoms with Gasteiger partial charge in [0, 0.05) is 20.9 Å². The molecular weight excluding hydrogens is 412 g/mol. The second-order valence-corrected chi connectivity index (χ2v) is 7.42. The second-order valence-electron chi connectivity index (χ2n) is 6.30. The number of hydrogen-bond acceptors (Lipinski definition) is 6. The van der Waals surface area contributed by atoms with Crippen molar-refractivity contribution in [2.24, 2.45) is 0 Å². The summed E-state index contributed by atoms with van der Waals surface area (Å²) >= 11 is 1.55. The molecule has 3 aromatic carbocycles. The summed E-state index contributed by atoms with van der Waals surface area (Å²) in [7, 11) is 8.07. The van der Waals surface area contributed by atoms with Gasteiger partial charge in [0.15, 0.2) is 11.5 Å². The first-order chi connectivity index (χ1) is 15.1. The van der Waals surface area contributed by atoms with Gasteiger partial charge < -0.3 is 23.7 Å². The highest BCUT2D eigenvalue weighted by atomic mass is 32.2. The van der Waals surface area contributed by atoms with E-state index in [2.05, 4.69) is 11.8 Å². The second kappa shape index (κ2) is 10.6. The zero-order chi connectivity index (χ0) is 22.2. The van der Waals surface area contributed by atoms with Gasteiger partial charge in [0.25, 0.3) is 0 Å². The normalized spacial score (nSPS) is 9.97. The Morgan fingerprint density at radius 3 is 1.77 bits per heavy atom. The summed E-state index contributed by atoms with van der Waals surface area (Å²) in [5.41, 5.74) is 1.79. The molecule has 0 saturated heterocycles. The lowest BCUT2D eigenvalue weighted by Crippen LogP contribution is -1.95. The predicted molar refractivity (Wildman–Crippen MR) is 122 cm³/mol. The zero-order valence-electron chi connectivity index (χ0n) is 18.1. The van der Waals surface area contributed by atoms with Crippen LogP contribution in [0, 0.1) is 11.8 Å². The molecule has 31 heavy (non-hydrogen) atoms. The van der Waals surface area contributed by atoms with Crippen LogP contribution >= 0.6 is 11.8 Å². The highest BCUT2D eigenvalue weighted by Crippen LogP contribution is 2.43. The van der Waals surface area contributed by atoms with E-state index < -0.39 is 0 Å². The van der Waals surface area contributed by atoms with Crippen molar-refractivity contribution in [3.63, 3.8) is 0 Å². The minimum Gasteiger partial charge on any atom is -0.497 e. The van der Waals surface area contributed by atoms with Gasteiger partial charge in [-0.2, -0.15) is 0 Å². The third-order valence-corrected chi connectivity index (χ3v) is 5.52. The van der Waals surface area contributed by atoms with Gasteiger partial charge in [-0.3, -0.25) is 0 Å². The minimum absolute atomic E-state index is 0.555. The first-order valence-corrected chi connectivity index (χ1v) is 10.3. The highest BCUT2D eigenvalue weighted by molar-refractivity contribution is 7.99. The van der Waals surface area contributed by atoms with E-state index in [1.54, 1.807) is 47.3 Å². The van der Waals surface area contributed by atoms with Crippen LogP contribution < -0.4 is 23.7 Å². The number of hydrogen-bond donors (Lipinski definition) is 0. The Morgan fingerprint density at radius 1 is 0.613 bits per heavy atom. The van der Waals surface area contributed by atoms with Crippen LogP contribution in [0.2, 0.25) is 0 Å². The molecule has 0 N–H and O–H groups in total. The van der Waals surface area contributed by atoms with Crippen LogP contribution in [0.15, 0.2) is 64.4 Å². The largest absolute Gasteiger partial charge is 0.497 e. The molecule has 0 spiro atoms. The lowest BCUT2D eigenvalue weighted by molar-refractivity contribution is 0.323. The summed E-state index contributed by atoms with van der Waals surface area (Å²) in [5.74, 6) is 9.77. The van der Waals surface area contributed by atoms with Crippen molar-refractivity contribution in [3.8, 4) is 40.6 Å². The number of ether oxygens (including phenoxy) is 5.